The van der Waals surface area contributed by atoms with E-state index in [0.29, 0.717) is 19.6 Å². The average Bonchev–Trinajstić information content (AvgIpc) is 2.61. The topological polar surface area (TPSA) is 60.8 Å². The maximum absolute atomic E-state index is 12.1. The van der Waals surface area contributed by atoms with E-state index in [9.17, 15) is 9.59 Å². The Labute approximate surface area is 159 Å². The molecule has 0 bridgehead atoms. The van der Waals surface area contributed by atoms with Gasteiger partial charge in [-0.1, -0.05) is 0 Å². The van der Waals surface area contributed by atoms with Crippen molar-refractivity contribution in [3.05, 3.63) is 40.7 Å². The van der Waals surface area contributed by atoms with Crippen molar-refractivity contribution in [2.45, 2.75) is 58.8 Å². The number of aryl methyl sites for hydroxylation is 1. The third kappa shape index (κ3) is 4.62. The van der Waals surface area contributed by atoms with Gasteiger partial charge in [0.1, 0.15) is 17.5 Å². The molecule has 0 N–H and O–H groups in total. The molecule has 27 heavy (non-hydrogen) atoms. The van der Waals surface area contributed by atoms with Crippen LogP contribution in [-0.2, 0) is 11.3 Å². The lowest BCUT2D eigenvalue weighted by atomic mass is 10.1. The Bertz CT molecular complexity index is 874. The number of pyridine rings is 1. The molecule has 2 heterocycles. The average molecular weight is 372 g/mol. The number of carbonyl (C=O) groups is 1. The number of likely N-dealkylation sites (tertiary alicyclic amines) is 1. The van der Waals surface area contributed by atoms with Crippen molar-refractivity contribution in [3.63, 3.8) is 0 Å². The van der Waals surface area contributed by atoms with Gasteiger partial charge in [-0.3, -0.25) is 4.79 Å². The van der Waals surface area contributed by atoms with Gasteiger partial charge in [0.05, 0.1) is 5.52 Å². The Morgan fingerprint density at radius 2 is 1.85 bits per heavy atom. The third-order valence-corrected chi connectivity index (χ3v) is 4.67. The molecule has 1 aromatic heterocycles. The first-order valence-electron chi connectivity index (χ1n) is 9.55. The summed E-state index contributed by atoms with van der Waals surface area (Å²) < 4.78 is 13.3. The molecule has 1 aliphatic rings. The standard InChI is InChI=1S/C21H28N2O4/c1-5-23-18-8-7-17(14-15(18)6-9-19(23)24)26-16-10-12-22(13-11-16)20(25)27-21(2,3)4/h6-9,14,16H,5,10-13H2,1-4H3. The van der Waals surface area contributed by atoms with Crippen LogP contribution in [0.25, 0.3) is 10.9 Å². The maximum atomic E-state index is 12.1. The number of aromatic nitrogens is 1. The molecule has 3 rings (SSSR count). The lowest BCUT2D eigenvalue weighted by molar-refractivity contribution is 0.0127. The summed E-state index contributed by atoms with van der Waals surface area (Å²) in [4.78, 5) is 25.8. The quantitative estimate of drug-likeness (QED) is 0.822. The highest BCUT2D eigenvalue weighted by Crippen LogP contribution is 2.24. The first-order chi connectivity index (χ1) is 12.8. The molecule has 6 nitrogen and oxygen atoms in total. The van der Waals surface area contributed by atoms with Gasteiger partial charge < -0.3 is 18.9 Å². The fourth-order valence-corrected chi connectivity index (χ4v) is 3.36. The zero-order chi connectivity index (χ0) is 19.6. The van der Waals surface area contributed by atoms with Crippen LogP contribution >= 0.6 is 0 Å². The minimum Gasteiger partial charge on any atom is -0.490 e. The Morgan fingerprint density at radius 3 is 2.48 bits per heavy atom. The van der Waals surface area contributed by atoms with E-state index in [0.717, 1.165) is 29.5 Å². The van der Waals surface area contributed by atoms with Crippen LogP contribution in [0.1, 0.15) is 40.5 Å². The Morgan fingerprint density at radius 1 is 1.15 bits per heavy atom. The highest BCUT2D eigenvalue weighted by Gasteiger charge is 2.27. The van der Waals surface area contributed by atoms with Gasteiger partial charge in [-0.05, 0) is 52.0 Å². The van der Waals surface area contributed by atoms with Gasteiger partial charge in [-0.15, -0.1) is 0 Å². The molecule has 0 atom stereocenters. The summed E-state index contributed by atoms with van der Waals surface area (Å²) in [6.45, 7) is 9.48. The van der Waals surface area contributed by atoms with Crippen LogP contribution in [-0.4, -0.2) is 40.4 Å². The van der Waals surface area contributed by atoms with E-state index in [1.165, 1.54) is 0 Å². The highest BCUT2D eigenvalue weighted by molar-refractivity contribution is 5.80. The molecule has 2 aromatic rings. The predicted octanol–water partition coefficient (Wildman–Crippen LogP) is 3.80. The van der Waals surface area contributed by atoms with Crippen LogP contribution in [0.3, 0.4) is 0 Å². The number of carbonyl (C=O) groups excluding carboxylic acids is 1. The van der Waals surface area contributed by atoms with Gasteiger partial charge in [0.15, 0.2) is 0 Å². The van der Waals surface area contributed by atoms with E-state index >= 15 is 0 Å². The van der Waals surface area contributed by atoms with Crippen molar-refractivity contribution >= 4 is 17.0 Å². The molecular formula is C21H28N2O4. The molecule has 1 aliphatic heterocycles. The zero-order valence-corrected chi connectivity index (χ0v) is 16.5. The number of nitrogens with zero attached hydrogens (tertiary/aromatic N) is 2. The Balaban J connectivity index is 1.63. The Hall–Kier alpha value is -2.50. The first kappa shape index (κ1) is 19.3. The lowest BCUT2D eigenvalue weighted by Crippen LogP contribution is -2.44. The molecule has 146 valence electrons. The van der Waals surface area contributed by atoms with Gasteiger partial charge >= 0.3 is 6.09 Å². The monoisotopic (exact) mass is 372 g/mol. The van der Waals surface area contributed by atoms with Crippen LogP contribution in [0, 0.1) is 0 Å². The van der Waals surface area contributed by atoms with Crippen molar-refractivity contribution in [1.82, 2.24) is 9.47 Å². The van der Waals surface area contributed by atoms with Crippen LogP contribution in [0.4, 0.5) is 4.79 Å². The lowest BCUT2D eigenvalue weighted by Gasteiger charge is -2.33. The SMILES string of the molecule is CCn1c(=O)ccc2cc(OC3CCN(C(=O)OC(C)(C)C)CC3)ccc21. The molecule has 0 unspecified atom stereocenters. The summed E-state index contributed by atoms with van der Waals surface area (Å²) in [5, 5.41) is 0.986. The first-order valence-corrected chi connectivity index (χ1v) is 9.55. The minimum atomic E-state index is -0.477. The van der Waals surface area contributed by atoms with Crippen molar-refractivity contribution in [2.24, 2.45) is 0 Å². The van der Waals surface area contributed by atoms with E-state index in [-0.39, 0.29) is 17.8 Å². The van der Waals surface area contributed by atoms with Crippen LogP contribution in [0.5, 0.6) is 5.75 Å². The zero-order valence-electron chi connectivity index (χ0n) is 16.5. The summed E-state index contributed by atoms with van der Waals surface area (Å²) in [6, 6.07) is 9.25. The molecule has 0 saturated carbocycles. The van der Waals surface area contributed by atoms with E-state index in [1.807, 2.05) is 52.0 Å². The van der Waals surface area contributed by atoms with Crippen molar-refractivity contribution in [3.8, 4) is 5.75 Å². The molecule has 0 radical (unpaired) electrons. The smallest absolute Gasteiger partial charge is 0.410 e. The molecule has 1 amide bonds. The molecule has 1 saturated heterocycles. The number of ether oxygens (including phenoxy) is 2. The summed E-state index contributed by atoms with van der Waals surface area (Å²) in [7, 11) is 0. The van der Waals surface area contributed by atoms with Crippen LogP contribution in [0.15, 0.2) is 35.1 Å². The number of benzene rings is 1. The van der Waals surface area contributed by atoms with Crippen LogP contribution < -0.4 is 10.3 Å². The Kier molecular flexibility index (Phi) is 5.44. The van der Waals surface area contributed by atoms with E-state index < -0.39 is 5.60 Å². The molecular weight excluding hydrogens is 344 g/mol. The molecule has 1 fully saturated rings. The van der Waals surface area contributed by atoms with Crippen molar-refractivity contribution in [2.75, 3.05) is 13.1 Å². The largest absolute Gasteiger partial charge is 0.490 e. The molecule has 6 heteroatoms. The van der Waals surface area contributed by atoms with E-state index in [4.69, 9.17) is 9.47 Å². The second-order valence-electron chi connectivity index (χ2n) is 7.92. The third-order valence-electron chi connectivity index (χ3n) is 4.67. The number of hydrogen-bond donors (Lipinski definition) is 0. The summed E-state index contributed by atoms with van der Waals surface area (Å²) in [5.74, 6) is 0.791. The number of hydrogen-bond acceptors (Lipinski definition) is 4. The second kappa shape index (κ2) is 7.62. The summed E-state index contributed by atoms with van der Waals surface area (Å²) in [6.07, 6.45) is 1.35. The normalized spacial score (nSPS) is 15.8. The van der Waals surface area contributed by atoms with Crippen molar-refractivity contribution in [1.29, 1.82) is 0 Å². The number of amides is 1. The fourth-order valence-electron chi connectivity index (χ4n) is 3.36. The van der Waals surface area contributed by atoms with Gasteiger partial charge in [0.2, 0.25) is 0 Å². The second-order valence-corrected chi connectivity index (χ2v) is 7.92. The van der Waals surface area contributed by atoms with Gasteiger partial charge in [0, 0.05) is 43.9 Å². The molecule has 0 aliphatic carbocycles. The highest BCUT2D eigenvalue weighted by atomic mass is 16.6. The number of rotatable bonds is 3. The van der Waals surface area contributed by atoms with Gasteiger partial charge in [-0.2, -0.15) is 0 Å². The predicted molar refractivity (Wildman–Crippen MR) is 105 cm³/mol. The van der Waals surface area contributed by atoms with Gasteiger partial charge in [-0.25, -0.2) is 4.79 Å². The minimum absolute atomic E-state index is 0.00758. The van der Waals surface area contributed by atoms with E-state index in [2.05, 4.69) is 0 Å². The molecule has 0 spiro atoms. The van der Waals surface area contributed by atoms with Gasteiger partial charge in [0.25, 0.3) is 5.56 Å². The number of piperidine rings is 1. The molecule has 1 aromatic carbocycles. The van der Waals surface area contributed by atoms with Crippen LogP contribution in [0.2, 0.25) is 0 Å². The van der Waals surface area contributed by atoms with E-state index in [1.54, 1.807) is 15.5 Å². The summed E-state index contributed by atoms with van der Waals surface area (Å²) in [5.41, 5.74) is 0.444. The maximum Gasteiger partial charge on any atom is 0.410 e. The van der Waals surface area contributed by atoms with Crippen molar-refractivity contribution < 1.29 is 14.3 Å². The number of fused-ring (bicyclic) bond motifs is 1. The summed E-state index contributed by atoms with van der Waals surface area (Å²) >= 11 is 0. The fraction of sp³-hybridized carbons (Fsp3) is 0.524.